The average Bonchev–Trinajstić information content (AvgIpc) is 2.83. The minimum absolute atomic E-state index is 0.0305. The molecule has 2 rings (SSSR count). The first-order valence-corrected chi connectivity index (χ1v) is 8.08. The van der Waals surface area contributed by atoms with E-state index in [-0.39, 0.29) is 12.8 Å². The number of furan rings is 1. The average molecular weight is 311 g/mol. The van der Waals surface area contributed by atoms with Crippen LogP contribution < -0.4 is 4.72 Å². The SMILES string of the molecule is CS(=O)(=O)NC(=O)CCc1ccc(-c2ccccc2F)o1. The molecule has 21 heavy (non-hydrogen) atoms. The number of benzene rings is 1. The number of carbonyl (C=O) groups excluding carboxylic acids is 1. The number of amides is 1. The minimum Gasteiger partial charge on any atom is -0.461 e. The van der Waals surface area contributed by atoms with E-state index in [9.17, 15) is 17.6 Å². The number of carbonyl (C=O) groups is 1. The third-order valence-electron chi connectivity index (χ3n) is 2.70. The van der Waals surface area contributed by atoms with Crippen LogP contribution in [-0.4, -0.2) is 20.6 Å². The van der Waals surface area contributed by atoms with Crippen LogP contribution in [0, 0.1) is 5.82 Å². The molecular weight excluding hydrogens is 297 g/mol. The van der Waals surface area contributed by atoms with Gasteiger partial charge in [-0.15, -0.1) is 0 Å². The molecule has 0 saturated heterocycles. The van der Waals surface area contributed by atoms with E-state index in [1.807, 2.05) is 4.72 Å². The van der Waals surface area contributed by atoms with E-state index < -0.39 is 21.7 Å². The number of rotatable bonds is 5. The first-order valence-electron chi connectivity index (χ1n) is 6.19. The summed E-state index contributed by atoms with van der Waals surface area (Å²) in [6.07, 6.45) is 1.11. The molecule has 0 unspecified atom stereocenters. The zero-order valence-electron chi connectivity index (χ0n) is 11.3. The third kappa shape index (κ3) is 4.42. The van der Waals surface area contributed by atoms with Crippen molar-refractivity contribution in [2.75, 3.05) is 6.26 Å². The van der Waals surface area contributed by atoms with E-state index in [4.69, 9.17) is 4.42 Å². The first-order chi connectivity index (χ1) is 9.85. The zero-order chi connectivity index (χ0) is 15.5. The van der Waals surface area contributed by atoms with Gasteiger partial charge in [0.15, 0.2) is 0 Å². The molecule has 1 aromatic heterocycles. The Bertz CT molecular complexity index is 752. The van der Waals surface area contributed by atoms with E-state index >= 15 is 0 Å². The first kappa shape index (κ1) is 15.2. The summed E-state index contributed by atoms with van der Waals surface area (Å²) in [6.45, 7) is 0. The summed E-state index contributed by atoms with van der Waals surface area (Å²) in [5.74, 6) is -0.155. The molecule has 0 bridgehead atoms. The molecule has 0 saturated carbocycles. The second-order valence-electron chi connectivity index (χ2n) is 4.54. The van der Waals surface area contributed by atoms with Gasteiger partial charge in [-0.05, 0) is 24.3 Å². The standard InChI is InChI=1S/C14H14FNO4S/c1-21(18,19)16-14(17)9-7-10-6-8-13(20-10)11-4-2-3-5-12(11)15/h2-6,8H,7,9H2,1H3,(H,16,17). The minimum atomic E-state index is -3.55. The van der Waals surface area contributed by atoms with Crippen molar-refractivity contribution in [1.29, 1.82) is 0 Å². The number of halogens is 1. The molecule has 7 heteroatoms. The number of nitrogens with one attached hydrogen (secondary N) is 1. The summed E-state index contributed by atoms with van der Waals surface area (Å²) < 4.78 is 42.7. The van der Waals surface area contributed by atoms with Crippen LogP contribution in [0.15, 0.2) is 40.8 Å². The van der Waals surface area contributed by atoms with E-state index in [1.54, 1.807) is 30.3 Å². The maximum atomic E-state index is 13.6. The van der Waals surface area contributed by atoms with Crippen LogP contribution in [0.1, 0.15) is 12.2 Å². The summed E-state index contributed by atoms with van der Waals surface area (Å²) in [5, 5.41) is 0. The fourth-order valence-electron chi connectivity index (χ4n) is 1.81. The van der Waals surface area contributed by atoms with Gasteiger partial charge in [0, 0.05) is 12.8 Å². The maximum absolute atomic E-state index is 13.6. The van der Waals surface area contributed by atoms with Gasteiger partial charge in [0.2, 0.25) is 15.9 Å². The van der Waals surface area contributed by atoms with Gasteiger partial charge in [0.25, 0.3) is 0 Å². The van der Waals surface area contributed by atoms with Gasteiger partial charge in [-0.1, -0.05) is 12.1 Å². The smallest absolute Gasteiger partial charge is 0.233 e. The van der Waals surface area contributed by atoms with Crippen molar-refractivity contribution < 1.29 is 22.0 Å². The highest BCUT2D eigenvalue weighted by molar-refractivity contribution is 7.89. The summed E-state index contributed by atoms with van der Waals surface area (Å²) in [5.41, 5.74) is 0.337. The molecule has 0 spiro atoms. The van der Waals surface area contributed by atoms with Gasteiger partial charge in [0.1, 0.15) is 17.3 Å². The normalized spacial score (nSPS) is 11.3. The molecule has 2 aromatic rings. The van der Waals surface area contributed by atoms with Crippen LogP contribution in [0.5, 0.6) is 0 Å². The van der Waals surface area contributed by atoms with Crippen LogP contribution in [-0.2, 0) is 21.2 Å². The topological polar surface area (TPSA) is 76.4 Å². The van der Waals surface area contributed by atoms with E-state index in [0.717, 1.165) is 6.26 Å². The van der Waals surface area contributed by atoms with Gasteiger partial charge in [-0.25, -0.2) is 12.8 Å². The van der Waals surface area contributed by atoms with Crippen molar-refractivity contribution in [1.82, 2.24) is 4.72 Å². The molecule has 1 aromatic carbocycles. The lowest BCUT2D eigenvalue weighted by Crippen LogP contribution is -2.29. The number of hydrogen-bond acceptors (Lipinski definition) is 4. The van der Waals surface area contributed by atoms with Gasteiger partial charge in [-0.2, -0.15) is 0 Å². The van der Waals surface area contributed by atoms with E-state index in [0.29, 0.717) is 17.1 Å². The molecular formula is C14H14FNO4S. The molecule has 0 aliphatic heterocycles. The maximum Gasteiger partial charge on any atom is 0.233 e. The Hall–Kier alpha value is -2.15. The van der Waals surface area contributed by atoms with Crippen molar-refractivity contribution >= 4 is 15.9 Å². The van der Waals surface area contributed by atoms with Crippen molar-refractivity contribution in [3.63, 3.8) is 0 Å². The predicted octanol–water partition coefficient (Wildman–Crippen LogP) is 2.09. The zero-order valence-corrected chi connectivity index (χ0v) is 12.1. The van der Waals surface area contributed by atoms with Crippen LogP contribution in [0.25, 0.3) is 11.3 Å². The lowest BCUT2D eigenvalue weighted by Gasteiger charge is -2.01. The molecule has 0 fully saturated rings. The molecule has 112 valence electrons. The van der Waals surface area contributed by atoms with Gasteiger partial charge in [0.05, 0.1) is 11.8 Å². The second kappa shape index (κ2) is 6.09. The number of sulfonamides is 1. The number of hydrogen-bond donors (Lipinski definition) is 1. The van der Waals surface area contributed by atoms with Crippen molar-refractivity contribution in [3.8, 4) is 11.3 Å². The lowest BCUT2D eigenvalue weighted by molar-refractivity contribution is -0.119. The predicted molar refractivity (Wildman–Crippen MR) is 75.4 cm³/mol. The summed E-state index contributed by atoms with van der Waals surface area (Å²) in [4.78, 5) is 11.4. The molecule has 5 nitrogen and oxygen atoms in total. The monoisotopic (exact) mass is 311 g/mol. The largest absolute Gasteiger partial charge is 0.461 e. The molecule has 0 radical (unpaired) electrons. The van der Waals surface area contributed by atoms with Gasteiger partial charge >= 0.3 is 0 Å². The molecule has 0 aliphatic carbocycles. The Balaban J connectivity index is 2.01. The molecule has 1 N–H and O–H groups in total. The second-order valence-corrected chi connectivity index (χ2v) is 6.29. The fourth-order valence-corrected chi connectivity index (χ4v) is 2.33. The van der Waals surface area contributed by atoms with Crippen molar-refractivity contribution in [2.24, 2.45) is 0 Å². The highest BCUT2D eigenvalue weighted by Gasteiger charge is 2.12. The van der Waals surface area contributed by atoms with Crippen molar-refractivity contribution in [2.45, 2.75) is 12.8 Å². The molecule has 1 heterocycles. The summed E-state index contributed by atoms with van der Waals surface area (Å²) >= 11 is 0. The van der Waals surface area contributed by atoms with E-state index in [2.05, 4.69) is 0 Å². The lowest BCUT2D eigenvalue weighted by atomic mass is 10.1. The molecule has 1 amide bonds. The van der Waals surface area contributed by atoms with Crippen LogP contribution >= 0.6 is 0 Å². The van der Waals surface area contributed by atoms with Crippen LogP contribution in [0.2, 0.25) is 0 Å². The number of aryl methyl sites for hydroxylation is 1. The Labute approximate surface area is 121 Å². The summed E-state index contributed by atoms with van der Waals surface area (Å²) in [6, 6.07) is 9.45. The van der Waals surface area contributed by atoms with Gasteiger partial charge in [-0.3, -0.25) is 9.52 Å². The van der Waals surface area contributed by atoms with Gasteiger partial charge < -0.3 is 4.42 Å². The highest BCUT2D eigenvalue weighted by Crippen LogP contribution is 2.25. The Morgan fingerprint density at radius 3 is 2.62 bits per heavy atom. The van der Waals surface area contributed by atoms with Crippen LogP contribution in [0.3, 0.4) is 0 Å². The molecule has 0 aliphatic rings. The Kier molecular flexibility index (Phi) is 4.42. The summed E-state index contributed by atoms with van der Waals surface area (Å²) in [7, 11) is -3.55. The highest BCUT2D eigenvalue weighted by atomic mass is 32.2. The van der Waals surface area contributed by atoms with E-state index in [1.165, 1.54) is 6.07 Å². The van der Waals surface area contributed by atoms with Crippen LogP contribution in [0.4, 0.5) is 4.39 Å². The van der Waals surface area contributed by atoms with Crippen molar-refractivity contribution in [3.05, 3.63) is 48.0 Å². The molecule has 0 atom stereocenters. The quantitative estimate of drug-likeness (QED) is 0.917. The Morgan fingerprint density at radius 2 is 1.95 bits per heavy atom. The third-order valence-corrected chi connectivity index (χ3v) is 3.30. The fraction of sp³-hybridized carbons (Fsp3) is 0.214. The Morgan fingerprint density at radius 1 is 1.24 bits per heavy atom.